The van der Waals surface area contributed by atoms with Crippen LogP contribution in [0.2, 0.25) is 0 Å². The van der Waals surface area contributed by atoms with Crippen molar-refractivity contribution in [1.82, 2.24) is 9.78 Å². The number of amides is 1. The first-order chi connectivity index (χ1) is 14.0. The van der Waals surface area contributed by atoms with Crippen LogP contribution in [0.25, 0.3) is 10.8 Å². The lowest BCUT2D eigenvalue weighted by Gasteiger charge is -2.13. The molecule has 9 nitrogen and oxygen atoms in total. The number of fused-ring (bicyclic) bond motifs is 1. The van der Waals surface area contributed by atoms with Crippen LogP contribution in [-0.2, 0) is 11.3 Å². The van der Waals surface area contributed by atoms with E-state index in [0.717, 1.165) is 4.68 Å². The largest absolute Gasteiger partial charge is 0.497 e. The van der Waals surface area contributed by atoms with Gasteiger partial charge in [0.2, 0.25) is 5.91 Å². The minimum atomic E-state index is -0.463. The Balaban J connectivity index is 1.91. The average Bonchev–Trinajstić information content (AvgIpc) is 2.75. The summed E-state index contributed by atoms with van der Waals surface area (Å²) in [7, 11) is 5.96. The molecule has 0 aliphatic carbocycles. The number of rotatable bonds is 7. The molecule has 9 heteroatoms. The van der Waals surface area contributed by atoms with E-state index in [1.807, 2.05) is 0 Å². The third kappa shape index (κ3) is 3.93. The number of ether oxygens (including phenoxy) is 4. The van der Waals surface area contributed by atoms with Crippen LogP contribution >= 0.6 is 0 Å². The first-order valence-corrected chi connectivity index (χ1v) is 8.65. The van der Waals surface area contributed by atoms with E-state index in [2.05, 4.69) is 10.4 Å². The number of methoxy groups -OCH3 is 4. The van der Waals surface area contributed by atoms with Crippen LogP contribution in [-0.4, -0.2) is 44.1 Å². The number of nitrogens with zero attached hydrogens (tertiary/aromatic N) is 2. The predicted octanol–water partition coefficient (Wildman–Crippen LogP) is 2.07. The van der Waals surface area contributed by atoms with Crippen molar-refractivity contribution in [2.24, 2.45) is 0 Å². The highest BCUT2D eigenvalue weighted by Gasteiger charge is 2.16. The summed E-state index contributed by atoms with van der Waals surface area (Å²) in [4.78, 5) is 25.4. The third-order valence-corrected chi connectivity index (χ3v) is 4.34. The fourth-order valence-electron chi connectivity index (χ4n) is 2.92. The normalized spacial score (nSPS) is 10.5. The van der Waals surface area contributed by atoms with Crippen molar-refractivity contribution in [2.75, 3.05) is 33.8 Å². The summed E-state index contributed by atoms with van der Waals surface area (Å²) in [6.45, 7) is -0.287. The van der Waals surface area contributed by atoms with Crippen LogP contribution in [0, 0.1) is 0 Å². The van der Waals surface area contributed by atoms with Gasteiger partial charge >= 0.3 is 0 Å². The number of hydrogen-bond acceptors (Lipinski definition) is 7. The smallest absolute Gasteiger partial charge is 0.279 e. The van der Waals surface area contributed by atoms with Crippen molar-refractivity contribution >= 4 is 22.4 Å². The predicted molar refractivity (Wildman–Crippen MR) is 107 cm³/mol. The standard InChI is InChI=1S/C20H21N3O6/c1-26-13-6-7-14(16(9-13)28-3)22-17(24)11-23-20(25)18-12(10-21-23)5-8-15(27-2)19(18)29-4/h5-10H,11H2,1-4H3,(H,22,24). The summed E-state index contributed by atoms with van der Waals surface area (Å²) in [6.07, 6.45) is 1.50. The Kier molecular flexibility index (Phi) is 5.87. The maximum Gasteiger partial charge on any atom is 0.279 e. The van der Waals surface area contributed by atoms with Crippen LogP contribution in [0.5, 0.6) is 23.0 Å². The molecule has 152 valence electrons. The quantitative estimate of drug-likeness (QED) is 0.649. The second kappa shape index (κ2) is 8.51. The molecule has 0 saturated carbocycles. The summed E-state index contributed by atoms with van der Waals surface area (Å²) >= 11 is 0. The number of hydrogen-bond donors (Lipinski definition) is 1. The molecule has 1 aromatic heterocycles. The van der Waals surface area contributed by atoms with Gasteiger partial charge in [0.1, 0.15) is 18.0 Å². The van der Waals surface area contributed by atoms with E-state index in [-0.39, 0.29) is 11.9 Å². The lowest BCUT2D eigenvalue weighted by Crippen LogP contribution is -2.29. The third-order valence-electron chi connectivity index (χ3n) is 4.34. The summed E-state index contributed by atoms with van der Waals surface area (Å²) in [5.41, 5.74) is -0.0125. The maximum atomic E-state index is 12.9. The van der Waals surface area contributed by atoms with E-state index in [9.17, 15) is 9.59 Å². The zero-order chi connectivity index (χ0) is 21.0. The zero-order valence-corrected chi connectivity index (χ0v) is 16.5. The Morgan fingerprint density at radius 2 is 1.76 bits per heavy atom. The molecule has 1 heterocycles. The highest BCUT2D eigenvalue weighted by atomic mass is 16.5. The number of nitrogens with one attached hydrogen (secondary N) is 1. The Morgan fingerprint density at radius 1 is 1.00 bits per heavy atom. The molecule has 1 N–H and O–H groups in total. The molecular weight excluding hydrogens is 378 g/mol. The summed E-state index contributed by atoms with van der Waals surface area (Å²) < 4.78 is 22.1. The zero-order valence-electron chi connectivity index (χ0n) is 16.5. The topological polar surface area (TPSA) is 101 Å². The molecule has 0 atom stereocenters. The van der Waals surface area contributed by atoms with Crippen LogP contribution in [0.15, 0.2) is 41.3 Å². The van der Waals surface area contributed by atoms with Gasteiger partial charge in [0.05, 0.1) is 45.7 Å². The molecule has 0 fully saturated rings. The number of anilines is 1. The molecule has 0 unspecified atom stereocenters. The second-order valence-electron chi connectivity index (χ2n) is 5.99. The molecule has 0 bridgehead atoms. The minimum Gasteiger partial charge on any atom is -0.497 e. The lowest BCUT2D eigenvalue weighted by molar-refractivity contribution is -0.117. The summed E-state index contributed by atoms with van der Waals surface area (Å²) in [5.74, 6) is 1.30. The molecule has 0 aliphatic rings. The Morgan fingerprint density at radius 3 is 2.41 bits per heavy atom. The van der Waals surface area contributed by atoms with Gasteiger partial charge in [-0.1, -0.05) is 0 Å². The highest BCUT2D eigenvalue weighted by Crippen LogP contribution is 2.33. The molecule has 29 heavy (non-hydrogen) atoms. The molecule has 1 amide bonds. The van der Waals surface area contributed by atoms with Crippen molar-refractivity contribution in [3.05, 3.63) is 46.9 Å². The van der Waals surface area contributed by atoms with E-state index < -0.39 is 11.5 Å². The van der Waals surface area contributed by atoms with Crippen LogP contribution < -0.4 is 29.8 Å². The van der Waals surface area contributed by atoms with Gasteiger partial charge in [-0.2, -0.15) is 5.10 Å². The first kappa shape index (κ1) is 20.0. The van der Waals surface area contributed by atoms with Crippen molar-refractivity contribution in [3.63, 3.8) is 0 Å². The molecule has 0 aliphatic heterocycles. The number of carbonyl (C=O) groups is 1. The van der Waals surface area contributed by atoms with Gasteiger partial charge in [0.25, 0.3) is 5.56 Å². The molecule has 2 aromatic carbocycles. The molecule has 3 rings (SSSR count). The van der Waals surface area contributed by atoms with Gasteiger partial charge in [0, 0.05) is 11.5 Å². The van der Waals surface area contributed by atoms with Crippen LogP contribution in [0.3, 0.4) is 0 Å². The molecule has 0 saturated heterocycles. The lowest BCUT2D eigenvalue weighted by atomic mass is 10.1. The van der Waals surface area contributed by atoms with Crippen LogP contribution in [0.1, 0.15) is 0 Å². The van der Waals surface area contributed by atoms with Crippen molar-refractivity contribution in [3.8, 4) is 23.0 Å². The SMILES string of the molecule is COc1ccc(NC(=O)Cn2ncc3ccc(OC)c(OC)c3c2=O)c(OC)c1. The summed E-state index contributed by atoms with van der Waals surface area (Å²) in [6, 6.07) is 8.38. The van der Waals surface area contributed by atoms with Crippen molar-refractivity contribution in [2.45, 2.75) is 6.54 Å². The van der Waals surface area contributed by atoms with E-state index >= 15 is 0 Å². The van der Waals surface area contributed by atoms with E-state index in [0.29, 0.717) is 34.1 Å². The van der Waals surface area contributed by atoms with E-state index in [1.165, 1.54) is 34.6 Å². The summed E-state index contributed by atoms with van der Waals surface area (Å²) in [5, 5.41) is 7.67. The first-order valence-electron chi connectivity index (χ1n) is 8.65. The average molecular weight is 399 g/mol. The molecule has 0 spiro atoms. The van der Waals surface area contributed by atoms with Gasteiger partial charge < -0.3 is 24.3 Å². The second-order valence-corrected chi connectivity index (χ2v) is 5.99. The monoisotopic (exact) mass is 399 g/mol. The van der Waals surface area contributed by atoms with Crippen molar-refractivity contribution < 1.29 is 23.7 Å². The van der Waals surface area contributed by atoms with Crippen molar-refractivity contribution in [1.29, 1.82) is 0 Å². The van der Waals surface area contributed by atoms with Crippen LogP contribution in [0.4, 0.5) is 5.69 Å². The Bertz CT molecular complexity index is 1110. The van der Waals surface area contributed by atoms with Gasteiger partial charge in [-0.25, -0.2) is 4.68 Å². The Hall–Kier alpha value is -3.75. The van der Waals surface area contributed by atoms with E-state index in [1.54, 1.807) is 30.3 Å². The number of aromatic nitrogens is 2. The highest BCUT2D eigenvalue weighted by molar-refractivity contribution is 5.93. The fraction of sp³-hybridized carbons (Fsp3) is 0.250. The molecule has 3 aromatic rings. The fourth-order valence-corrected chi connectivity index (χ4v) is 2.92. The number of carbonyl (C=O) groups excluding carboxylic acids is 1. The molecular formula is C20H21N3O6. The van der Waals surface area contributed by atoms with E-state index in [4.69, 9.17) is 18.9 Å². The molecule has 0 radical (unpaired) electrons. The van der Waals surface area contributed by atoms with Gasteiger partial charge in [-0.3, -0.25) is 9.59 Å². The van der Waals surface area contributed by atoms with Gasteiger partial charge in [0.15, 0.2) is 11.5 Å². The maximum absolute atomic E-state index is 12.9. The van der Waals surface area contributed by atoms with Gasteiger partial charge in [-0.05, 0) is 24.3 Å². The Labute approximate surface area is 166 Å². The van der Waals surface area contributed by atoms with Gasteiger partial charge in [-0.15, -0.1) is 0 Å². The number of benzene rings is 2. The minimum absolute atomic E-state index is 0.287.